The normalized spacial score (nSPS) is 11.1. The van der Waals surface area contributed by atoms with Crippen LogP contribution in [0.3, 0.4) is 0 Å². The third-order valence-electron chi connectivity index (χ3n) is 3.83. The van der Waals surface area contributed by atoms with Crippen molar-refractivity contribution in [2.45, 2.75) is 18.7 Å². The molecule has 0 bridgehead atoms. The summed E-state index contributed by atoms with van der Waals surface area (Å²) in [4.78, 5) is 14.1. The van der Waals surface area contributed by atoms with Gasteiger partial charge >= 0.3 is 0 Å². The number of hydrogen-bond acceptors (Lipinski definition) is 4. The van der Waals surface area contributed by atoms with Gasteiger partial charge in [0.15, 0.2) is 0 Å². The lowest BCUT2D eigenvalue weighted by Gasteiger charge is -2.19. The van der Waals surface area contributed by atoms with Crippen LogP contribution in [0.1, 0.15) is 24.2 Å². The van der Waals surface area contributed by atoms with Gasteiger partial charge in [0.1, 0.15) is 10.6 Å². The number of nitrogens with zero attached hydrogens (tertiary/aromatic N) is 1. The van der Waals surface area contributed by atoms with E-state index < -0.39 is 10.0 Å². The van der Waals surface area contributed by atoms with Gasteiger partial charge in [-0.25, -0.2) is 8.42 Å². The molecule has 0 aliphatic rings. The average Bonchev–Trinajstić information content (AvgIpc) is 2.62. The number of carbonyl (C=O) groups excluding carboxylic acids is 1. The molecule has 140 valence electrons. The summed E-state index contributed by atoms with van der Waals surface area (Å²) in [6, 6.07) is 11.2. The van der Waals surface area contributed by atoms with Crippen LogP contribution in [0.4, 0.5) is 5.69 Å². The molecule has 0 saturated carbocycles. The van der Waals surface area contributed by atoms with E-state index in [0.29, 0.717) is 28.8 Å². The Bertz CT molecular complexity index is 896. The second-order valence-corrected chi connectivity index (χ2v) is 8.03. The Hall–Kier alpha value is -2.06. The standard InChI is InChI=1S/C18H21BrN2O4S/c1-4-21(5-2)18(22)13-7-6-8-15(11-13)20-26(23,24)17-12-14(19)9-10-16(17)25-3/h6-12,20H,4-5H2,1-3H3. The number of rotatable bonds is 7. The lowest BCUT2D eigenvalue weighted by molar-refractivity contribution is 0.0773. The van der Waals surface area contributed by atoms with Crippen molar-refractivity contribution in [3.63, 3.8) is 0 Å². The first-order valence-corrected chi connectivity index (χ1v) is 10.4. The molecule has 1 N–H and O–H groups in total. The Morgan fingerprint density at radius 2 is 1.85 bits per heavy atom. The number of ether oxygens (including phenoxy) is 1. The molecule has 0 aliphatic heterocycles. The Morgan fingerprint density at radius 1 is 1.15 bits per heavy atom. The molecular formula is C18H21BrN2O4S. The maximum atomic E-state index is 12.8. The van der Waals surface area contributed by atoms with Crippen molar-refractivity contribution >= 4 is 37.5 Å². The van der Waals surface area contributed by atoms with Gasteiger partial charge in [-0.2, -0.15) is 0 Å². The van der Waals surface area contributed by atoms with Crippen molar-refractivity contribution in [2.24, 2.45) is 0 Å². The van der Waals surface area contributed by atoms with Crippen LogP contribution < -0.4 is 9.46 Å². The van der Waals surface area contributed by atoms with E-state index in [-0.39, 0.29) is 16.6 Å². The topological polar surface area (TPSA) is 75.7 Å². The van der Waals surface area contributed by atoms with Crippen LogP contribution in [0.25, 0.3) is 0 Å². The second-order valence-electron chi connectivity index (χ2n) is 5.46. The summed E-state index contributed by atoms with van der Waals surface area (Å²) >= 11 is 3.27. The van der Waals surface area contributed by atoms with Crippen LogP contribution in [-0.4, -0.2) is 39.4 Å². The Kier molecular flexibility index (Phi) is 6.66. The highest BCUT2D eigenvalue weighted by molar-refractivity contribution is 9.10. The van der Waals surface area contributed by atoms with Crippen molar-refractivity contribution in [2.75, 3.05) is 24.9 Å². The van der Waals surface area contributed by atoms with E-state index >= 15 is 0 Å². The quantitative estimate of drug-likeness (QED) is 0.711. The summed E-state index contributed by atoms with van der Waals surface area (Å²) in [6.45, 7) is 4.96. The predicted molar refractivity (Wildman–Crippen MR) is 105 cm³/mol. The largest absolute Gasteiger partial charge is 0.495 e. The van der Waals surface area contributed by atoms with E-state index in [0.717, 1.165) is 0 Å². The number of anilines is 1. The Labute approximate surface area is 162 Å². The summed E-state index contributed by atoms with van der Waals surface area (Å²) in [5.41, 5.74) is 0.736. The Balaban J connectivity index is 2.35. The molecule has 0 heterocycles. The Morgan fingerprint density at radius 3 is 2.46 bits per heavy atom. The minimum Gasteiger partial charge on any atom is -0.495 e. The molecule has 8 heteroatoms. The smallest absolute Gasteiger partial charge is 0.265 e. The molecule has 2 aromatic carbocycles. The maximum Gasteiger partial charge on any atom is 0.265 e. The molecule has 2 rings (SSSR count). The van der Waals surface area contributed by atoms with Gasteiger partial charge in [-0.05, 0) is 50.2 Å². The van der Waals surface area contributed by atoms with E-state index in [1.165, 1.54) is 19.2 Å². The lowest BCUT2D eigenvalue weighted by Crippen LogP contribution is -2.30. The van der Waals surface area contributed by atoms with E-state index in [9.17, 15) is 13.2 Å². The zero-order chi connectivity index (χ0) is 19.3. The summed E-state index contributed by atoms with van der Waals surface area (Å²) in [5, 5.41) is 0. The summed E-state index contributed by atoms with van der Waals surface area (Å²) < 4.78 is 33.8. The van der Waals surface area contributed by atoms with Crippen molar-refractivity contribution in [1.29, 1.82) is 0 Å². The van der Waals surface area contributed by atoms with Crippen LogP contribution >= 0.6 is 15.9 Å². The molecule has 0 spiro atoms. The first kappa shape index (κ1) is 20.3. The van der Waals surface area contributed by atoms with Gasteiger partial charge in [0, 0.05) is 28.8 Å². The van der Waals surface area contributed by atoms with Gasteiger partial charge in [-0.3, -0.25) is 9.52 Å². The summed E-state index contributed by atoms with van der Waals surface area (Å²) in [5.74, 6) is 0.0900. The van der Waals surface area contributed by atoms with Gasteiger partial charge in [0.05, 0.1) is 7.11 Å². The number of carbonyl (C=O) groups is 1. The minimum absolute atomic E-state index is 0.00912. The number of benzene rings is 2. The highest BCUT2D eigenvalue weighted by atomic mass is 79.9. The van der Waals surface area contributed by atoms with Crippen LogP contribution in [0.2, 0.25) is 0 Å². The van der Waals surface area contributed by atoms with Crippen molar-refractivity contribution < 1.29 is 17.9 Å². The third-order valence-corrected chi connectivity index (χ3v) is 5.72. The van der Waals surface area contributed by atoms with Gasteiger partial charge in [0.2, 0.25) is 0 Å². The molecular weight excluding hydrogens is 420 g/mol. The molecule has 1 amide bonds. The highest BCUT2D eigenvalue weighted by Crippen LogP contribution is 2.29. The van der Waals surface area contributed by atoms with Crippen LogP contribution in [0.15, 0.2) is 51.8 Å². The fraction of sp³-hybridized carbons (Fsp3) is 0.278. The molecule has 0 fully saturated rings. The molecule has 0 saturated heterocycles. The number of sulfonamides is 1. The SMILES string of the molecule is CCN(CC)C(=O)c1cccc(NS(=O)(=O)c2cc(Br)ccc2OC)c1. The molecule has 0 unspecified atom stereocenters. The summed E-state index contributed by atoms with van der Waals surface area (Å²) in [6.07, 6.45) is 0. The molecule has 26 heavy (non-hydrogen) atoms. The van der Waals surface area contributed by atoms with E-state index in [4.69, 9.17) is 4.74 Å². The van der Waals surface area contributed by atoms with Gasteiger partial charge in [0.25, 0.3) is 15.9 Å². The zero-order valence-corrected chi connectivity index (χ0v) is 17.2. The van der Waals surface area contributed by atoms with Gasteiger partial charge < -0.3 is 9.64 Å². The van der Waals surface area contributed by atoms with Crippen LogP contribution in [0.5, 0.6) is 5.75 Å². The number of halogens is 1. The van der Waals surface area contributed by atoms with Crippen LogP contribution in [-0.2, 0) is 10.0 Å². The van der Waals surface area contributed by atoms with Gasteiger partial charge in [-0.15, -0.1) is 0 Å². The van der Waals surface area contributed by atoms with E-state index in [1.807, 2.05) is 13.8 Å². The number of hydrogen-bond donors (Lipinski definition) is 1. The molecule has 2 aromatic rings. The van der Waals surface area contributed by atoms with Crippen LogP contribution in [0, 0.1) is 0 Å². The minimum atomic E-state index is -3.88. The second kappa shape index (κ2) is 8.55. The number of amides is 1. The molecule has 0 aliphatic carbocycles. The monoisotopic (exact) mass is 440 g/mol. The summed E-state index contributed by atoms with van der Waals surface area (Å²) in [7, 11) is -2.47. The molecule has 0 atom stereocenters. The van der Waals surface area contributed by atoms with Crippen molar-refractivity contribution in [3.05, 3.63) is 52.5 Å². The fourth-order valence-electron chi connectivity index (χ4n) is 2.48. The molecule has 0 radical (unpaired) electrons. The average molecular weight is 441 g/mol. The fourth-order valence-corrected chi connectivity index (χ4v) is 4.24. The third kappa shape index (κ3) is 4.56. The molecule has 6 nitrogen and oxygen atoms in total. The first-order chi connectivity index (χ1) is 12.3. The lowest BCUT2D eigenvalue weighted by atomic mass is 10.2. The van der Waals surface area contributed by atoms with Crippen molar-refractivity contribution in [1.82, 2.24) is 4.90 Å². The maximum absolute atomic E-state index is 12.8. The van der Waals surface area contributed by atoms with Gasteiger partial charge in [-0.1, -0.05) is 22.0 Å². The number of nitrogens with one attached hydrogen (secondary N) is 1. The molecule has 0 aromatic heterocycles. The highest BCUT2D eigenvalue weighted by Gasteiger charge is 2.21. The van der Waals surface area contributed by atoms with E-state index in [1.54, 1.807) is 35.2 Å². The predicted octanol–water partition coefficient (Wildman–Crippen LogP) is 3.74. The zero-order valence-electron chi connectivity index (χ0n) is 14.8. The van der Waals surface area contributed by atoms with E-state index in [2.05, 4.69) is 20.7 Å². The first-order valence-electron chi connectivity index (χ1n) is 8.08. The number of methoxy groups -OCH3 is 1. The van der Waals surface area contributed by atoms with Crippen molar-refractivity contribution in [3.8, 4) is 5.75 Å².